The van der Waals surface area contributed by atoms with E-state index in [2.05, 4.69) is 0 Å². The lowest BCUT2D eigenvalue weighted by Crippen LogP contribution is -2.39. The van der Waals surface area contributed by atoms with E-state index < -0.39 is 5.97 Å². The molecule has 1 aliphatic heterocycles. The molecule has 104 valence electrons. The van der Waals surface area contributed by atoms with Gasteiger partial charge >= 0.3 is 5.97 Å². The fraction of sp³-hybridized carbons (Fsp3) is 0.867. The summed E-state index contributed by atoms with van der Waals surface area (Å²) in [6.45, 7) is 0.780. The van der Waals surface area contributed by atoms with Crippen LogP contribution in [0.5, 0.6) is 0 Å². The van der Waals surface area contributed by atoms with Crippen molar-refractivity contribution >= 4 is 11.9 Å². The smallest absolute Gasteiger partial charge is 0.305 e. The van der Waals surface area contributed by atoms with E-state index in [1.54, 1.807) is 0 Å². The average molecular weight is 263 g/mol. The van der Waals surface area contributed by atoms with Crippen LogP contribution in [-0.4, -0.2) is 34.5 Å². The molecule has 1 amide bonds. The number of hydrogen-bond donors (Lipinski definition) is 1. The second-order valence-electron chi connectivity index (χ2n) is 6.94. The minimum Gasteiger partial charge on any atom is -0.481 e. The molecule has 3 saturated carbocycles. The summed E-state index contributed by atoms with van der Waals surface area (Å²) >= 11 is 0. The molecular formula is C15H21NO3. The van der Waals surface area contributed by atoms with Crippen molar-refractivity contribution in [1.29, 1.82) is 0 Å². The lowest BCUT2D eigenvalue weighted by Gasteiger charge is -2.25. The van der Waals surface area contributed by atoms with Gasteiger partial charge in [-0.3, -0.25) is 9.59 Å². The number of hydrogen-bond acceptors (Lipinski definition) is 2. The number of carboxylic acids is 1. The van der Waals surface area contributed by atoms with Crippen LogP contribution < -0.4 is 0 Å². The fourth-order valence-corrected chi connectivity index (χ4v) is 5.39. The molecule has 1 N–H and O–H groups in total. The minimum absolute atomic E-state index is 0.0380. The molecule has 5 atom stereocenters. The van der Waals surface area contributed by atoms with Crippen LogP contribution in [-0.2, 0) is 9.59 Å². The first-order valence-electron chi connectivity index (χ1n) is 7.69. The number of likely N-dealkylation sites (tertiary alicyclic amines) is 1. The second-order valence-corrected chi connectivity index (χ2v) is 6.94. The molecule has 1 heterocycles. The molecule has 0 aromatic heterocycles. The number of carboxylic acid groups (broad SMARTS) is 1. The minimum atomic E-state index is -0.777. The average Bonchev–Trinajstić information content (AvgIpc) is 2.73. The predicted octanol–water partition coefficient (Wildman–Crippen LogP) is 1.74. The highest BCUT2D eigenvalue weighted by molar-refractivity contribution is 5.84. The maximum Gasteiger partial charge on any atom is 0.305 e. The summed E-state index contributed by atoms with van der Waals surface area (Å²) in [6, 6.07) is -0.0380. The topological polar surface area (TPSA) is 57.6 Å². The van der Waals surface area contributed by atoms with Gasteiger partial charge < -0.3 is 10.0 Å². The highest BCUT2D eigenvalue weighted by atomic mass is 16.4. The van der Waals surface area contributed by atoms with Crippen molar-refractivity contribution in [3.63, 3.8) is 0 Å². The van der Waals surface area contributed by atoms with Gasteiger partial charge in [0, 0.05) is 18.5 Å². The summed E-state index contributed by atoms with van der Waals surface area (Å²) in [5.41, 5.74) is 0. The Morgan fingerprint density at radius 2 is 1.79 bits per heavy atom. The Hall–Kier alpha value is -1.06. The molecule has 19 heavy (non-hydrogen) atoms. The van der Waals surface area contributed by atoms with E-state index in [0.29, 0.717) is 11.8 Å². The van der Waals surface area contributed by atoms with E-state index in [4.69, 9.17) is 5.11 Å². The first kappa shape index (κ1) is 11.7. The molecule has 4 heteroatoms. The van der Waals surface area contributed by atoms with Gasteiger partial charge in [0.1, 0.15) is 0 Å². The lowest BCUT2D eigenvalue weighted by molar-refractivity contribution is -0.140. The monoisotopic (exact) mass is 263 g/mol. The molecule has 2 bridgehead atoms. The van der Waals surface area contributed by atoms with E-state index in [9.17, 15) is 9.59 Å². The summed E-state index contributed by atoms with van der Waals surface area (Å²) in [7, 11) is 0. The van der Waals surface area contributed by atoms with E-state index >= 15 is 0 Å². The third kappa shape index (κ3) is 1.65. The number of amides is 1. The van der Waals surface area contributed by atoms with Gasteiger partial charge in [-0.05, 0) is 55.8 Å². The zero-order chi connectivity index (χ0) is 13.1. The van der Waals surface area contributed by atoms with Crippen molar-refractivity contribution in [2.45, 2.75) is 44.6 Å². The van der Waals surface area contributed by atoms with Gasteiger partial charge in [0.2, 0.25) is 5.91 Å². The van der Waals surface area contributed by atoms with Gasteiger partial charge in [-0.1, -0.05) is 0 Å². The maximum atomic E-state index is 12.7. The van der Waals surface area contributed by atoms with Gasteiger partial charge in [0.05, 0.1) is 6.42 Å². The molecule has 4 fully saturated rings. The molecule has 5 unspecified atom stereocenters. The lowest BCUT2D eigenvalue weighted by atomic mass is 10.0. The van der Waals surface area contributed by atoms with Crippen LogP contribution in [0.15, 0.2) is 0 Å². The van der Waals surface area contributed by atoms with Crippen molar-refractivity contribution in [2.24, 2.45) is 29.6 Å². The fourth-order valence-electron chi connectivity index (χ4n) is 5.39. The Kier molecular flexibility index (Phi) is 2.45. The highest BCUT2D eigenvalue weighted by Gasteiger charge is 2.68. The molecule has 4 rings (SSSR count). The summed E-state index contributed by atoms with van der Waals surface area (Å²) in [4.78, 5) is 25.4. The van der Waals surface area contributed by atoms with Gasteiger partial charge in [0.25, 0.3) is 0 Å². The second kappa shape index (κ2) is 3.97. The molecule has 4 nitrogen and oxygen atoms in total. The SMILES string of the molecule is O=C(O)CC1CCCN1C(=O)C1C2C3CCC(C3)C12. The number of fused-ring (bicyclic) bond motifs is 5. The maximum absolute atomic E-state index is 12.7. The van der Waals surface area contributed by atoms with Crippen molar-refractivity contribution in [3.05, 3.63) is 0 Å². The van der Waals surface area contributed by atoms with Crippen molar-refractivity contribution in [1.82, 2.24) is 4.90 Å². The first-order chi connectivity index (χ1) is 9.16. The highest BCUT2D eigenvalue weighted by Crippen LogP contribution is 2.69. The summed E-state index contributed by atoms with van der Waals surface area (Å²) in [6.07, 6.45) is 5.98. The molecule has 0 aromatic carbocycles. The summed E-state index contributed by atoms with van der Waals surface area (Å²) in [5, 5.41) is 8.95. The van der Waals surface area contributed by atoms with Gasteiger partial charge in [-0.15, -0.1) is 0 Å². The van der Waals surface area contributed by atoms with Gasteiger partial charge in [0.15, 0.2) is 0 Å². The Labute approximate surface area is 113 Å². The standard InChI is InChI=1S/C15H21NO3/c17-11(18)7-10-2-1-5-16(10)15(19)14-12-8-3-4-9(6-8)13(12)14/h8-10,12-14H,1-7H2,(H,17,18). The van der Waals surface area contributed by atoms with E-state index in [-0.39, 0.29) is 24.3 Å². The van der Waals surface area contributed by atoms with Gasteiger partial charge in [-0.25, -0.2) is 0 Å². The predicted molar refractivity (Wildman–Crippen MR) is 68.3 cm³/mol. The van der Waals surface area contributed by atoms with Crippen LogP contribution >= 0.6 is 0 Å². The zero-order valence-corrected chi connectivity index (χ0v) is 11.1. The van der Waals surface area contributed by atoms with E-state index in [1.165, 1.54) is 19.3 Å². The molecule has 1 saturated heterocycles. The Morgan fingerprint density at radius 1 is 1.11 bits per heavy atom. The Bertz CT molecular complexity index is 419. The molecule has 0 aromatic rings. The van der Waals surface area contributed by atoms with Crippen LogP contribution in [0.3, 0.4) is 0 Å². The molecule has 0 spiro atoms. The Morgan fingerprint density at radius 3 is 2.42 bits per heavy atom. The number of nitrogens with zero attached hydrogens (tertiary/aromatic N) is 1. The zero-order valence-electron chi connectivity index (χ0n) is 11.1. The summed E-state index contributed by atoms with van der Waals surface area (Å²) in [5.74, 6) is 2.72. The summed E-state index contributed by atoms with van der Waals surface area (Å²) < 4.78 is 0. The number of carbonyl (C=O) groups is 2. The normalized spacial score (nSPS) is 46.4. The van der Waals surface area contributed by atoms with Crippen molar-refractivity contribution in [2.75, 3.05) is 6.54 Å². The van der Waals surface area contributed by atoms with Crippen LogP contribution in [0.1, 0.15) is 38.5 Å². The number of carbonyl (C=O) groups excluding carboxylic acids is 1. The van der Waals surface area contributed by atoms with Gasteiger partial charge in [-0.2, -0.15) is 0 Å². The Balaban J connectivity index is 1.45. The number of aliphatic carboxylic acids is 1. The van der Waals surface area contributed by atoms with Crippen molar-refractivity contribution < 1.29 is 14.7 Å². The van der Waals surface area contributed by atoms with Crippen LogP contribution in [0.25, 0.3) is 0 Å². The number of rotatable bonds is 3. The third-order valence-corrected chi connectivity index (χ3v) is 6.09. The van der Waals surface area contributed by atoms with E-state index in [0.717, 1.165) is 31.2 Å². The van der Waals surface area contributed by atoms with Crippen LogP contribution in [0.2, 0.25) is 0 Å². The molecule has 3 aliphatic carbocycles. The third-order valence-electron chi connectivity index (χ3n) is 6.09. The first-order valence-corrected chi connectivity index (χ1v) is 7.69. The van der Waals surface area contributed by atoms with E-state index in [1.807, 2.05) is 4.90 Å². The quantitative estimate of drug-likeness (QED) is 0.844. The molecule has 4 aliphatic rings. The van der Waals surface area contributed by atoms with Crippen LogP contribution in [0.4, 0.5) is 0 Å². The van der Waals surface area contributed by atoms with Crippen molar-refractivity contribution in [3.8, 4) is 0 Å². The largest absolute Gasteiger partial charge is 0.481 e. The molecular weight excluding hydrogens is 242 g/mol. The van der Waals surface area contributed by atoms with Crippen LogP contribution in [0, 0.1) is 29.6 Å². The molecule has 0 radical (unpaired) electrons.